The van der Waals surface area contributed by atoms with Crippen molar-refractivity contribution in [3.05, 3.63) is 144 Å². The van der Waals surface area contributed by atoms with Crippen molar-refractivity contribution < 1.29 is 8.83 Å². The number of benzene rings is 5. The number of nitrogens with zero attached hydrogens (tertiary/aromatic N) is 2. The van der Waals surface area contributed by atoms with Gasteiger partial charge in [-0.3, -0.25) is 0 Å². The summed E-state index contributed by atoms with van der Waals surface area (Å²) < 4.78 is 20.9. The Hall–Kier alpha value is -5.82. The highest BCUT2D eigenvalue weighted by atomic mass is 32.1. The molecular weight excluding hydrogens is 677 g/mol. The Morgan fingerprint density at radius 3 is 1.13 bits per heavy atom. The standard InChI is InChI=1S/C46H32N2O2S2/c1-25-5-13-29(14-6-25)39-23-35-45(51-39)43-41(47(35)31-17-9-27(3)10-18-31)33-21-38-34(22-37(33)49-43)42-44(50-38)46-36(48(42)32-19-11-28(4)12-20-32)24-40(52-46)30-15-7-26(2)8-16-30/h5-24H,1-4H3. The molecule has 11 rings (SSSR count). The maximum absolute atomic E-state index is 6.93. The van der Waals surface area contributed by atoms with E-state index in [4.69, 9.17) is 8.83 Å². The van der Waals surface area contributed by atoms with Gasteiger partial charge in [-0.25, -0.2) is 0 Å². The van der Waals surface area contributed by atoms with Gasteiger partial charge >= 0.3 is 0 Å². The van der Waals surface area contributed by atoms with Gasteiger partial charge in [-0.2, -0.15) is 0 Å². The van der Waals surface area contributed by atoms with Crippen LogP contribution in [-0.2, 0) is 0 Å². The van der Waals surface area contributed by atoms with Crippen LogP contribution in [0.1, 0.15) is 22.3 Å². The van der Waals surface area contributed by atoms with Crippen LogP contribution >= 0.6 is 22.7 Å². The van der Waals surface area contributed by atoms with E-state index in [9.17, 15) is 0 Å². The van der Waals surface area contributed by atoms with E-state index >= 15 is 0 Å². The quantitative estimate of drug-likeness (QED) is 0.182. The van der Waals surface area contributed by atoms with Crippen LogP contribution < -0.4 is 0 Å². The van der Waals surface area contributed by atoms with Crippen molar-refractivity contribution in [1.82, 2.24) is 9.13 Å². The first kappa shape index (κ1) is 29.9. The zero-order valence-corrected chi connectivity index (χ0v) is 30.7. The molecule has 0 N–H and O–H groups in total. The van der Waals surface area contributed by atoms with Crippen LogP contribution in [-0.4, -0.2) is 9.13 Å². The number of fused-ring (bicyclic) bond motifs is 10. The number of hydrogen-bond acceptors (Lipinski definition) is 4. The Balaban J connectivity index is 1.20. The van der Waals surface area contributed by atoms with Crippen molar-refractivity contribution in [2.24, 2.45) is 0 Å². The molecule has 0 aliphatic rings. The molecule has 0 unspecified atom stereocenters. The third kappa shape index (κ3) is 4.31. The summed E-state index contributed by atoms with van der Waals surface area (Å²) in [5.74, 6) is 0. The van der Waals surface area contributed by atoms with E-state index in [-0.39, 0.29) is 0 Å². The van der Waals surface area contributed by atoms with Crippen LogP contribution in [0.15, 0.2) is 130 Å². The SMILES string of the molecule is Cc1ccc(-c2cc3c(s2)c2oc4cc5c(cc4c2n3-c2ccc(C)cc2)oc2c3sc(-c4ccc(C)cc4)cc3n(-c3ccc(C)cc3)c52)cc1. The average Bonchev–Trinajstić information content (AvgIpc) is 3.98. The zero-order chi connectivity index (χ0) is 34.8. The highest BCUT2D eigenvalue weighted by Gasteiger charge is 2.26. The minimum absolute atomic E-state index is 0.855. The molecule has 6 aromatic heterocycles. The van der Waals surface area contributed by atoms with Crippen LogP contribution in [0.3, 0.4) is 0 Å². The van der Waals surface area contributed by atoms with E-state index < -0.39 is 0 Å². The first-order chi connectivity index (χ1) is 25.4. The Morgan fingerprint density at radius 1 is 0.423 bits per heavy atom. The van der Waals surface area contributed by atoms with Gasteiger partial charge in [0.1, 0.15) is 22.2 Å². The zero-order valence-electron chi connectivity index (χ0n) is 29.1. The molecule has 0 saturated heterocycles. The van der Waals surface area contributed by atoms with Gasteiger partial charge in [-0.05, 0) is 87.4 Å². The van der Waals surface area contributed by atoms with Crippen molar-refractivity contribution in [1.29, 1.82) is 0 Å². The second kappa shape index (κ2) is 10.8. The molecule has 0 fully saturated rings. The van der Waals surface area contributed by atoms with E-state index in [1.165, 1.54) is 43.1 Å². The maximum atomic E-state index is 6.93. The van der Waals surface area contributed by atoms with Crippen LogP contribution in [0.2, 0.25) is 0 Å². The predicted octanol–water partition coefficient (Wildman–Crippen LogP) is 14.1. The van der Waals surface area contributed by atoms with Gasteiger partial charge < -0.3 is 18.0 Å². The van der Waals surface area contributed by atoms with Crippen LogP contribution in [0, 0.1) is 27.7 Å². The first-order valence-electron chi connectivity index (χ1n) is 17.6. The monoisotopic (exact) mass is 708 g/mol. The van der Waals surface area contributed by atoms with Crippen molar-refractivity contribution >= 4 is 87.2 Å². The van der Waals surface area contributed by atoms with Gasteiger partial charge in [0.2, 0.25) is 0 Å². The van der Waals surface area contributed by atoms with Gasteiger partial charge in [-0.15, -0.1) is 22.7 Å². The van der Waals surface area contributed by atoms with E-state index in [0.29, 0.717) is 0 Å². The van der Waals surface area contributed by atoms with E-state index in [2.05, 4.69) is 158 Å². The van der Waals surface area contributed by atoms with E-state index in [0.717, 1.165) is 75.9 Å². The predicted molar refractivity (Wildman–Crippen MR) is 220 cm³/mol. The molecular formula is C46H32N2O2S2. The van der Waals surface area contributed by atoms with E-state index in [1.807, 2.05) is 0 Å². The second-order valence-corrected chi connectivity index (χ2v) is 16.2. The van der Waals surface area contributed by atoms with Gasteiger partial charge in [0, 0.05) is 31.9 Å². The third-order valence-corrected chi connectivity index (χ3v) is 12.8. The number of rotatable bonds is 4. The lowest BCUT2D eigenvalue weighted by Crippen LogP contribution is -1.93. The van der Waals surface area contributed by atoms with E-state index in [1.54, 1.807) is 22.7 Å². The summed E-state index contributed by atoms with van der Waals surface area (Å²) in [5, 5.41) is 2.09. The fourth-order valence-electron chi connectivity index (χ4n) is 7.72. The summed E-state index contributed by atoms with van der Waals surface area (Å²) in [7, 11) is 0. The molecule has 0 spiro atoms. The van der Waals surface area contributed by atoms with Crippen molar-refractivity contribution in [2.45, 2.75) is 27.7 Å². The van der Waals surface area contributed by atoms with Gasteiger partial charge in [0.25, 0.3) is 0 Å². The summed E-state index contributed by atoms with van der Waals surface area (Å²) in [4.78, 5) is 2.45. The normalized spacial score (nSPS) is 12.2. The van der Waals surface area contributed by atoms with Gasteiger partial charge in [-0.1, -0.05) is 95.1 Å². The molecule has 0 radical (unpaired) electrons. The molecule has 52 heavy (non-hydrogen) atoms. The number of aryl methyl sites for hydroxylation is 4. The summed E-state index contributed by atoms with van der Waals surface area (Å²) >= 11 is 3.59. The van der Waals surface area contributed by atoms with Crippen molar-refractivity contribution in [2.75, 3.05) is 0 Å². The molecule has 6 heteroatoms. The summed E-state index contributed by atoms with van der Waals surface area (Å²) in [6, 6.07) is 44.2. The minimum Gasteiger partial charge on any atom is -0.453 e. The molecule has 250 valence electrons. The van der Waals surface area contributed by atoms with Gasteiger partial charge in [0.15, 0.2) is 11.2 Å². The van der Waals surface area contributed by atoms with Crippen molar-refractivity contribution in [3.8, 4) is 32.3 Å². The average molecular weight is 709 g/mol. The molecule has 6 heterocycles. The minimum atomic E-state index is 0.855. The molecule has 0 atom stereocenters. The highest BCUT2D eigenvalue weighted by molar-refractivity contribution is 7.23. The summed E-state index contributed by atoms with van der Waals surface area (Å²) in [6.07, 6.45) is 0. The lowest BCUT2D eigenvalue weighted by atomic mass is 10.1. The largest absolute Gasteiger partial charge is 0.453 e. The first-order valence-corrected chi connectivity index (χ1v) is 19.2. The molecule has 0 aliphatic heterocycles. The smallest absolute Gasteiger partial charge is 0.171 e. The van der Waals surface area contributed by atoms with Crippen LogP contribution in [0.25, 0.3) is 96.8 Å². The van der Waals surface area contributed by atoms with Crippen LogP contribution in [0.5, 0.6) is 0 Å². The van der Waals surface area contributed by atoms with Crippen molar-refractivity contribution in [3.63, 3.8) is 0 Å². The number of aromatic nitrogens is 2. The Morgan fingerprint density at radius 2 is 0.769 bits per heavy atom. The molecule has 5 aromatic carbocycles. The fraction of sp³-hybridized carbons (Fsp3) is 0.0870. The number of thiophene rings is 2. The topological polar surface area (TPSA) is 36.1 Å². The lowest BCUT2D eigenvalue weighted by molar-refractivity contribution is 0.668. The second-order valence-electron chi connectivity index (χ2n) is 14.1. The Kier molecular flexibility index (Phi) is 6.23. The molecule has 0 bridgehead atoms. The molecule has 0 aliphatic carbocycles. The third-order valence-electron chi connectivity index (χ3n) is 10.5. The highest BCUT2D eigenvalue weighted by Crippen LogP contribution is 2.49. The number of hydrogen-bond donors (Lipinski definition) is 0. The lowest BCUT2D eigenvalue weighted by Gasteiger charge is -2.08. The summed E-state index contributed by atoms with van der Waals surface area (Å²) in [6.45, 7) is 8.53. The molecule has 4 nitrogen and oxygen atoms in total. The Labute approximate surface area is 307 Å². The summed E-state index contributed by atoms with van der Waals surface area (Å²) in [5.41, 5.74) is 17.6. The molecule has 11 aromatic rings. The molecule has 0 saturated carbocycles. The number of furan rings is 2. The van der Waals surface area contributed by atoms with Crippen LogP contribution in [0.4, 0.5) is 0 Å². The molecule has 0 amide bonds. The maximum Gasteiger partial charge on any atom is 0.171 e. The van der Waals surface area contributed by atoms with Gasteiger partial charge in [0.05, 0.1) is 20.4 Å². The Bertz CT molecular complexity index is 2960. The fourth-order valence-corrected chi connectivity index (χ4v) is 9.98.